The van der Waals surface area contributed by atoms with Gasteiger partial charge in [-0.3, -0.25) is 4.98 Å². The van der Waals surface area contributed by atoms with Crippen LogP contribution in [0.15, 0.2) is 18.3 Å². The normalized spacial score (nSPS) is 26.2. The Labute approximate surface area is 94.7 Å². The number of aliphatic hydroxyl groups is 1. The number of hydrogen-bond acceptors (Lipinski definition) is 3. The zero-order valence-electron chi connectivity index (χ0n) is 9.36. The van der Waals surface area contributed by atoms with Crippen LogP contribution in [0.3, 0.4) is 0 Å². The van der Waals surface area contributed by atoms with Crippen LogP contribution in [0.2, 0.25) is 0 Å². The molecule has 2 N–H and O–H groups in total. The lowest BCUT2D eigenvalue weighted by atomic mass is 9.82. The topological polar surface area (TPSA) is 45.1 Å². The van der Waals surface area contributed by atoms with Gasteiger partial charge in [-0.15, -0.1) is 0 Å². The summed E-state index contributed by atoms with van der Waals surface area (Å²) in [6.07, 6.45) is 2.90. The average molecular weight is 224 g/mol. The van der Waals surface area contributed by atoms with Crippen LogP contribution in [0.1, 0.15) is 31.5 Å². The van der Waals surface area contributed by atoms with Crippen molar-refractivity contribution in [1.29, 1.82) is 0 Å². The van der Waals surface area contributed by atoms with Crippen molar-refractivity contribution in [3.63, 3.8) is 0 Å². The Kier molecular flexibility index (Phi) is 3.51. The second-order valence-corrected chi connectivity index (χ2v) is 4.52. The van der Waals surface area contributed by atoms with Crippen molar-refractivity contribution in [2.45, 2.75) is 31.9 Å². The molecule has 1 saturated carbocycles. The van der Waals surface area contributed by atoms with E-state index < -0.39 is 0 Å². The minimum atomic E-state index is -0.307. The van der Waals surface area contributed by atoms with E-state index in [1.807, 2.05) is 6.92 Å². The molecular weight excluding hydrogens is 207 g/mol. The Hall–Kier alpha value is -1.00. The zero-order chi connectivity index (χ0) is 11.5. The van der Waals surface area contributed by atoms with Gasteiger partial charge >= 0.3 is 0 Å². The number of hydrogen-bond donors (Lipinski definition) is 2. The van der Waals surface area contributed by atoms with Crippen molar-refractivity contribution in [2.75, 3.05) is 6.54 Å². The summed E-state index contributed by atoms with van der Waals surface area (Å²) in [5.41, 5.74) is 0.848. The zero-order valence-corrected chi connectivity index (χ0v) is 9.36. The SMILES string of the molecule is CC(NCC1CC(O)C1)c1ccc(F)cn1. The molecule has 0 aliphatic heterocycles. The molecule has 2 rings (SSSR count). The highest BCUT2D eigenvalue weighted by molar-refractivity contribution is 5.09. The molecule has 1 heterocycles. The van der Waals surface area contributed by atoms with Crippen LogP contribution in [0.25, 0.3) is 0 Å². The molecule has 0 saturated heterocycles. The fourth-order valence-corrected chi connectivity index (χ4v) is 1.96. The van der Waals surface area contributed by atoms with Crippen LogP contribution in [0.5, 0.6) is 0 Å². The quantitative estimate of drug-likeness (QED) is 0.817. The molecule has 16 heavy (non-hydrogen) atoms. The summed E-state index contributed by atoms with van der Waals surface area (Å²) in [4.78, 5) is 4.03. The second kappa shape index (κ2) is 4.89. The highest BCUT2D eigenvalue weighted by atomic mass is 19.1. The second-order valence-electron chi connectivity index (χ2n) is 4.52. The Morgan fingerprint density at radius 1 is 1.56 bits per heavy atom. The summed E-state index contributed by atoms with van der Waals surface area (Å²) < 4.78 is 12.7. The monoisotopic (exact) mass is 224 g/mol. The van der Waals surface area contributed by atoms with Gasteiger partial charge in [0.25, 0.3) is 0 Å². The van der Waals surface area contributed by atoms with Crippen molar-refractivity contribution in [3.8, 4) is 0 Å². The molecule has 0 radical (unpaired) electrons. The molecule has 0 aromatic carbocycles. The molecule has 1 unspecified atom stereocenters. The number of nitrogens with one attached hydrogen (secondary N) is 1. The summed E-state index contributed by atoms with van der Waals surface area (Å²) in [6.45, 7) is 2.90. The summed E-state index contributed by atoms with van der Waals surface area (Å²) in [5, 5.41) is 12.5. The molecule has 1 aromatic rings. The number of aliphatic hydroxyl groups excluding tert-OH is 1. The van der Waals surface area contributed by atoms with Gasteiger partial charge in [-0.1, -0.05) is 0 Å². The third-order valence-electron chi connectivity index (χ3n) is 3.12. The highest BCUT2D eigenvalue weighted by Gasteiger charge is 2.27. The van der Waals surface area contributed by atoms with E-state index >= 15 is 0 Å². The minimum Gasteiger partial charge on any atom is -0.393 e. The first-order valence-electron chi connectivity index (χ1n) is 5.68. The average Bonchev–Trinajstić information content (AvgIpc) is 2.23. The Bertz CT molecular complexity index is 335. The van der Waals surface area contributed by atoms with E-state index in [0.717, 1.165) is 25.1 Å². The van der Waals surface area contributed by atoms with Crippen LogP contribution >= 0.6 is 0 Å². The first-order valence-corrected chi connectivity index (χ1v) is 5.68. The lowest BCUT2D eigenvalue weighted by molar-refractivity contribution is 0.0420. The lowest BCUT2D eigenvalue weighted by Crippen LogP contribution is -2.37. The van der Waals surface area contributed by atoms with Gasteiger partial charge in [0.1, 0.15) is 5.82 Å². The number of nitrogens with zero attached hydrogens (tertiary/aromatic N) is 1. The van der Waals surface area contributed by atoms with Gasteiger partial charge in [-0.25, -0.2) is 4.39 Å². The summed E-state index contributed by atoms with van der Waals surface area (Å²) >= 11 is 0. The largest absolute Gasteiger partial charge is 0.393 e. The molecule has 0 amide bonds. The summed E-state index contributed by atoms with van der Waals surface area (Å²) in [5.74, 6) is 0.260. The molecule has 1 aliphatic rings. The number of aromatic nitrogens is 1. The number of rotatable bonds is 4. The predicted molar refractivity (Wildman–Crippen MR) is 59.3 cm³/mol. The molecule has 88 valence electrons. The third kappa shape index (κ3) is 2.77. The van der Waals surface area contributed by atoms with Gasteiger partial charge in [0, 0.05) is 6.04 Å². The Balaban J connectivity index is 1.79. The maximum absolute atomic E-state index is 12.7. The smallest absolute Gasteiger partial charge is 0.141 e. The van der Waals surface area contributed by atoms with Crippen molar-refractivity contribution < 1.29 is 9.50 Å². The van der Waals surface area contributed by atoms with E-state index in [2.05, 4.69) is 10.3 Å². The molecular formula is C12H17FN2O. The maximum Gasteiger partial charge on any atom is 0.141 e. The maximum atomic E-state index is 12.7. The summed E-state index contributed by atoms with van der Waals surface area (Å²) in [6, 6.07) is 3.24. The molecule has 1 atom stereocenters. The van der Waals surface area contributed by atoms with Gasteiger partial charge in [-0.2, -0.15) is 0 Å². The van der Waals surface area contributed by atoms with E-state index in [0.29, 0.717) is 5.92 Å². The van der Waals surface area contributed by atoms with Crippen LogP contribution in [-0.2, 0) is 0 Å². The van der Waals surface area contributed by atoms with Crippen molar-refractivity contribution in [1.82, 2.24) is 10.3 Å². The molecule has 3 nitrogen and oxygen atoms in total. The minimum absolute atomic E-state index is 0.106. The molecule has 1 aromatic heterocycles. The lowest BCUT2D eigenvalue weighted by Gasteiger charge is -2.32. The number of pyridine rings is 1. The summed E-state index contributed by atoms with van der Waals surface area (Å²) in [7, 11) is 0. The van der Waals surface area contributed by atoms with Crippen molar-refractivity contribution in [3.05, 3.63) is 29.8 Å². The highest BCUT2D eigenvalue weighted by Crippen LogP contribution is 2.26. The molecule has 1 fully saturated rings. The van der Waals surface area contributed by atoms with Crippen LogP contribution in [-0.4, -0.2) is 22.7 Å². The van der Waals surface area contributed by atoms with Crippen LogP contribution < -0.4 is 5.32 Å². The molecule has 0 bridgehead atoms. The first kappa shape index (κ1) is 11.5. The van der Waals surface area contributed by atoms with E-state index in [1.165, 1.54) is 12.3 Å². The van der Waals surface area contributed by atoms with E-state index in [4.69, 9.17) is 5.11 Å². The Morgan fingerprint density at radius 3 is 2.88 bits per heavy atom. The van der Waals surface area contributed by atoms with Gasteiger partial charge in [-0.05, 0) is 44.4 Å². The third-order valence-corrected chi connectivity index (χ3v) is 3.12. The Morgan fingerprint density at radius 2 is 2.31 bits per heavy atom. The van der Waals surface area contributed by atoms with Gasteiger partial charge in [0.05, 0.1) is 18.0 Å². The predicted octanol–water partition coefficient (Wildman–Crippen LogP) is 1.64. The van der Waals surface area contributed by atoms with Crippen LogP contribution in [0.4, 0.5) is 4.39 Å². The molecule has 4 heteroatoms. The number of halogens is 1. The van der Waals surface area contributed by atoms with Gasteiger partial charge in [0.15, 0.2) is 0 Å². The van der Waals surface area contributed by atoms with E-state index in [9.17, 15) is 4.39 Å². The van der Waals surface area contributed by atoms with Gasteiger partial charge in [0.2, 0.25) is 0 Å². The van der Waals surface area contributed by atoms with E-state index in [1.54, 1.807) is 6.07 Å². The first-order chi connectivity index (χ1) is 7.65. The van der Waals surface area contributed by atoms with Crippen LogP contribution in [0, 0.1) is 11.7 Å². The van der Waals surface area contributed by atoms with Crippen molar-refractivity contribution in [2.24, 2.45) is 5.92 Å². The standard InChI is InChI=1S/C12H17FN2O/c1-8(12-3-2-10(13)7-15-12)14-6-9-4-11(16)5-9/h2-3,7-9,11,14,16H,4-6H2,1H3. The molecule has 1 aliphatic carbocycles. The molecule has 0 spiro atoms. The van der Waals surface area contributed by atoms with Gasteiger partial charge < -0.3 is 10.4 Å². The fourth-order valence-electron chi connectivity index (χ4n) is 1.96. The van der Waals surface area contributed by atoms with E-state index in [-0.39, 0.29) is 18.0 Å². The fraction of sp³-hybridized carbons (Fsp3) is 0.583. The van der Waals surface area contributed by atoms with Crippen molar-refractivity contribution >= 4 is 0 Å².